The summed E-state index contributed by atoms with van der Waals surface area (Å²) >= 11 is 0. The third kappa shape index (κ3) is 6.03. The van der Waals surface area contributed by atoms with Crippen molar-refractivity contribution in [2.24, 2.45) is 0 Å². The molecule has 0 fully saturated rings. The predicted molar refractivity (Wildman–Crippen MR) is 16.8 cm³/mol. The van der Waals surface area contributed by atoms with Gasteiger partial charge in [0.25, 0.3) is 0 Å². The van der Waals surface area contributed by atoms with Crippen LogP contribution in [0.5, 0.6) is 0 Å². The van der Waals surface area contributed by atoms with Crippen molar-refractivity contribution in [3.05, 3.63) is 0 Å². The minimum atomic E-state index is -4.64. The van der Waals surface area contributed by atoms with Crippen LogP contribution in [0.3, 0.4) is 0 Å². The van der Waals surface area contributed by atoms with Crippen LogP contribution in [-0.2, 0) is 14.3 Å². The van der Waals surface area contributed by atoms with E-state index in [2.05, 4.69) is 9.71 Å². The van der Waals surface area contributed by atoms with Crippen LogP contribution in [0.2, 0.25) is 0 Å². The fourth-order valence-corrected chi connectivity index (χ4v) is 0.130. The molecule has 0 radical (unpaired) electrons. The molecular formula is H3O6P. The van der Waals surface area contributed by atoms with Crippen molar-refractivity contribution in [1.82, 2.24) is 0 Å². The first kappa shape index (κ1) is 7.03. The second-order valence-electron chi connectivity index (χ2n) is 0.640. The van der Waals surface area contributed by atoms with Gasteiger partial charge in [-0.2, -0.15) is 0 Å². The zero-order chi connectivity index (χ0) is 5.91. The Bertz CT molecular complexity index is 78.2. The number of hydrogen-bond donors (Lipinski definition) is 3. The number of phosphoric acid groups is 1. The highest BCUT2D eigenvalue weighted by molar-refractivity contribution is 7.46. The topological polar surface area (TPSA) is 96.2 Å². The first-order valence-electron chi connectivity index (χ1n) is 1.11. The molecule has 0 spiro atoms. The molecule has 0 aliphatic heterocycles. The molecule has 0 heterocycles. The molecule has 7 heavy (non-hydrogen) atoms. The number of rotatable bonds is 2. The quantitative estimate of drug-likeness (QED) is 0.265. The summed E-state index contributed by atoms with van der Waals surface area (Å²) in [6.07, 6.45) is 0. The van der Waals surface area contributed by atoms with Gasteiger partial charge in [0.1, 0.15) is 0 Å². The van der Waals surface area contributed by atoms with E-state index in [0.717, 1.165) is 0 Å². The summed E-state index contributed by atoms with van der Waals surface area (Å²) in [5.41, 5.74) is 0. The molecule has 0 bridgehead atoms. The van der Waals surface area contributed by atoms with E-state index in [0.29, 0.717) is 0 Å². The Labute approximate surface area is 38.4 Å². The summed E-state index contributed by atoms with van der Waals surface area (Å²) in [7, 11) is -4.64. The Morgan fingerprint density at radius 1 is 1.43 bits per heavy atom. The van der Waals surface area contributed by atoms with Crippen LogP contribution in [0, 0.1) is 0 Å². The average molecular weight is 130 g/mol. The molecule has 0 aromatic heterocycles. The molecular weight excluding hydrogens is 127 g/mol. The van der Waals surface area contributed by atoms with Crippen molar-refractivity contribution in [2.75, 3.05) is 0 Å². The standard InChI is InChI=1S/H3O6P/c1-5-6-7(2,3)4/h1H,(H2,2,3,4). The molecule has 0 saturated carbocycles. The van der Waals surface area contributed by atoms with E-state index in [-0.39, 0.29) is 0 Å². The van der Waals surface area contributed by atoms with Crippen LogP contribution in [0.25, 0.3) is 0 Å². The van der Waals surface area contributed by atoms with Gasteiger partial charge in [0.2, 0.25) is 0 Å². The molecule has 0 rings (SSSR count). The largest absolute Gasteiger partial charge is 0.499 e. The Kier molecular flexibility index (Phi) is 2.38. The van der Waals surface area contributed by atoms with Crippen molar-refractivity contribution >= 4 is 7.82 Å². The van der Waals surface area contributed by atoms with Crippen LogP contribution >= 0.6 is 7.82 Å². The summed E-state index contributed by atoms with van der Waals surface area (Å²) in [5.74, 6) is 0. The molecule has 3 N–H and O–H groups in total. The first-order chi connectivity index (χ1) is 3.06. The lowest BCUT2D eigenvalue weighted by molar-refractivity contribution is -0.446. The Balaban J connectivity index is 3.36. The van der Waals surface area contributed by atoms with E-state index in [4.69, 9.17) is 15.0 Å². The van der Waals surface area contributed by atoms with Gasteiger partial charge in [0.15, 0.2) is 0 Å². The third-order valence-electron chi connectivity index (χ3n) is 0.130. The molecule has 44 valence electrons. The maximum absolute atomic E-state index is 9.42. The van der Waals surface area contributed by atoms with Crippen LogP contribution in [0.15, 0.2) is 0 Å². The highest BCUT2D eigenvalue weighted by Gasteiger charge is 2.14. The van der Waals surface area contributed by atoms with Gasteiger partial charge in [0.05, 0.1) is 0 Å². The van der Waals surface area contributed by atoms with Gasteiger partial charge < -0.3 is 9.79 Å². The fraction of sp³-hybridized carbons (Fsp3) is 0. The van der Waals surface area contributed by atoms with Gasteiger partial charge in [-0.1, -0.05) is 9.71 Å². The molecule has 7 heteroatoms. The monoisotopic (exact) mass is 130 g/mol. The molecule has 0 saturated heterocycles. The van der Waals surface area contributed by atoms with E-state index in [9.17, 15) is 4.57 Å². The molecule has 0 amide bonds. The molecule has 0 aromatic carbocycles. The normalized spacial score (nSPS) is 11.9. The van der Waals surface area contributed by atoms with Crippen molar-refractivity contribution < 1.29 is 29.3 Å². The molecule has 0 aliphatic rings. The van der Waals surface area contributed by atoms with E-state index in [1.54, 1.807) is 0 Å². The van der Waals surface area contributed by atoms with Crippen molar-refractivity contribution in [2.45, 2.75) is 0 Å². The summed E-state index contributed by atoms with van der Waals surface area (Å²) in [5, 5.41) is 9.83. The number of hydrogen-bond acceptors (Lipinski definition) is 4. The minimum absolute atomic E-state index is 2.64. The SMILES string of the molecule is O=P(O)(O)OOO. The van der Waals surface area contributed by atoms with E-state index in [1.165, 1.54) is 0 Å². The highest BCUT2D eigenvalue weighted by atomic mass is 31.2. The fourth-order valence-electron chi connectivity index (χ4n) is 0.0434. The summed E-state index contributed by atoms with van der Waals surface area (Å²) in [6.45, 7) is 0. The van der Waals surface area contributed by atoms with Crippen LogP contribution in [-0.4, -0.2) is 15.0 Å². The first-order valence-corrected chi connectivity index (χ1v) is 2.64. The summed E-state index contributed by atoms with van der Waals surface area (Å²) < 4.78 is 12.4. The van der Waals surface area contributed by atoms with Gasteiger partial charge in [0, 0.05) is 0 Å². The maximum atomic E-state index is 9.42. The van der Waals surface area contributed by atoms with Gasteiger partial charge in [-0.3, -0.25) is 0 Å². The van der Waals surface area contributed by atoms with Crippen LogP contribution in [0.1, 0.15) is 0 Å². The van der Waals surface area contributed by atoms with Crippen LogP contribution in [0.4, 0.5) is 0 Å². The second-order valence-corrected chi connectivity index (χ2v) is 1.77. The van der Waals surface area contributed by atoms with E-state index in [1.807, 2.05) is 0 Å². The lowest BCUT2D eigenvalue weighted by atomic mass is 14.6. The summed E-state index contributed by atoms with van der Waals surface area (Å²) in [6, 6.07) is 0. The third-order valence-corrected chi connectivity index (χ3v) is 0.391. The van der Waals surface area contributed by atoms with Gasteiger partial charge >= 0.3 is 7.82 Å². The lowest BCUT2D eigenvalue weighted by Gasteiger charge is -1.94. The zero-order valence-corrected chi connectivity index (χ0v) is 3.91. The second kappa shape index (κ2) is 2.37. The van der Waals surface area contributed by atoms with E-state index < -0.39 is 7.82 Å². The maximum Gasteiger partial charge on any atom is 0.499 e. The molecule has 6 nitrogen and oxygen atoms in total. The Hall–Kier alpha value is 0.0300. The average Bonchev–Trinajstić information content (AvgIpc) is 1.30. The Morgan fingerprint density at radius 3 is 1.86 bits per heavy atom. The van der Waals surface area contributed by atoms with Gasteiger partial charge in [-0.25, -0.2) is 9.82 Å². The zero-order valence-electron chi connectivity index (χ0n) is 3.01. The predicted octanol–water partition coefficient (Wildman–Crippen LogP) is -0.500. The molecule has 0 unspecified atom stereocenters. The van der Waals surface area contributed by atoms with Crippen molar-refractivity contribution in [3.63, 3.8) is 0 Å². The molecule has 0 atom stereocenters. The lowest BCUT2D eigenvalue weighted by Crippen LogP contribution is -1.84. The van der Waals surface area contributed by atoms with Gasteiger partial charge in [-0.15, -0.1) is 0 Å². The molecule has 0 aromatic rings. The van der Waals surface area contributed by atoms with Crippen LogP contribution < -0.4 is 0 Å². The van der Waals surface area contributed by atoms with E-state index >= 15 is 0 Å². The van der Waals surface area contributed by atoms with Gasteiger partial charge in [-0.05, 0) is 0 Å². The Morgan fingerprint density at radius 2 is 1.86 bits per heavy atom. The van der Waals surface area contributed by atoms with Crippen molar-refractivity contribution in [3.8, 4) is 0 Å². The van der Waals surface area contributed by atoms with Crippen molar-refractivity contribution in [1.29, 1.82) is 0 Å². The smallest absolute Gasteiger partial charge is 0.301 e. The molecule has 0 aliphatic carbocycles. The summed E-state index contributed by atoms with van der Waals surface area (Å²) in [4.78, 5) is 15.2. The highest BCUT2D eigenvalue weighted by Crippen LogP contribution is 2.35. The minimum Gasteiger partial charge on any atom is -0.301 e.